The highest BCUT2D eigenvalue weighted by Crippen LogP contribution is 2.30. The molecule has 0 aliphatic rings. The zero-order chi connectivity index (χ0) is 14.1. The minimum atomic E-state index is -0.562. The number of hydrogen-bond acceptors (Lipinski definition) is 4. The Labute approximate surface area is 121 Å². The van der Waals surface area contributed by atoms with Crippen molar-refractivity contribution in [3.63, 3.8) is 0 Å². The molecule has 3 rings (SSSR count). The molecule has 0 aliphatic carbocycles. The van der Waals surface area contributed by atoms with Crippen LogP contribution in [0.2, 0.25) is 0 Å². The average molecular weight is 333 g/mol. The van der Waals surface area contributed by atoms with Gasteiger partial charge < -0.3 is 15.1 Å². The Morgan fingerprint density at radius 3 is 2.65 bits per heavy atom. The number of H-pyrrole nitrogens is 1. The number of aromatic nitrogens is 1. The molecule has 7 heteroatoms. The number of nitrogen functional groups attached to an aromatic ring is 1. The van der Waals surface area contributed by atoms with Crippen molar-refractivity contribution in [3.05, 3.63) is 46.8 Å². The van der Waals surface area contributed by atoms with Crippen LogP contribution in [0.4, 0.5) is 11.6 Å². The van der Waals surface area contributed by atoms with E-state index in [9.17, 15) is 4.79 Å². The van der Waals surface area contributed by atoms with Crippen LogP contribution in [0.15, 0.2) is 55.7 Å². The standard InChI is InChI=1S/C13H9BrN4O2/c14-10-6-5-9(20-10)13(19)18-17-12-8-4-2-1-3-7(8)11(15)16-12/h1-6,16H,15H2. The van der Waals surface area contributed by atoms with E-state index in [2.05, 4.69) is 31.1 Å². The Balaban J connectivity index is 1.93. The van der Waals surface area contributed by atoms with Crippen LogP contribution in [0.1, 0.15) is 10.6 Å². The van der Waals surface area contributed by atoms with Crippen molar-refractivity contribution in [2.75, 3.05) is 5.73 Å². The van der Waals surface area contributed by atoms with Crippen LogP contribution in [0.25, 0.3) is 10.8 Å². The first-order valence-electron chi connectivity index (χ1n) is 5.73. The summed E-state index contributed by atoms with van der Waals surface area (Å²) in [4.78, 5) is 14.6. The number of azo groups is 1. The van der Waals surface area contributed by atoms with Crippen molar-refractivity contribution in [2.45, 2.75) is 0 Å². The van der Waals surface area contributed by atoms with Gasteiger partial charge in [-0.15, -0.1) is 10.2 Å². The van der Waals surface area contributed by atoms with Gasteiger partial charge in [-0.05, 0) is 28.1 Å². The summed E-state index contributed by atoms with van der Waals surface area (Å²) in [5, 5.41) is 9.18. The normalized spacial score (nSPS) is 11.4. The maximum absolute atomic E-state index is 11.8. The van der Waals surface area contributed by atoms with Gasteiger partial charge in [-0.3, -0.25) is 4.79 Å². The zero-order valence-electron chi connectivity index (χ0n) is 10.1. The predicted molar refractivity (Wildman–Crippen MR) is 78.0 cm³/mol. The van der Waals surface area contributed by atoms with Crippen LogP contribution in [-0.4, -0.2) is 10.9 Å². The first-order chi connectivity index (χ1) is 9.65. The summed E-state index contributed by atoms with van der Waals surface area (Å²) in [7, 11) is 0. The molecule has 0 radical (unpaired) electrons. The second kappa shape index (κ2) is 4.93. The van der Waals surface area contributed by atoms with Gasteiger partial charge in [-0.2, -0.15) is 0 Å². The third-order valence-electron chi connectivity index (χ3n) is 2.75. The van der Waals surface area contributed by atoms with Gasteiger partial charge in [0.05, 0.1) is 0 Å². The maximum Gasteiger partial charge on any atom is 0.331 e. The van der Waals surface area contributed by atoms with Gasteiger partial charge in [0.25, 0.3) is 0 Å². The predicted octanol–water partition coefficient (Wildman–Crippen LogP) is 4.03. The van der Waals surface area contributed by atoms with Crippen LogP contribution in [0.3, 0.4) is 0 Å². The number of rotatable bonds is 2. The lowest BCUT2D eigenvalue weighted by atomic mass is 10.2. The van der Waals surface area contributed by atoms with E-state index in [1.807, 2.05) is 24.3 Å². The number of nitrogens with two attached hydrogens (primary N) is 1. The number of furan rings is 1. The molecule has 3 N–H and O–H groups in total. The third kappa shape index (κ3) is 2.23. The molecular weight excluding hydrogens is 324 g/mol. The minimum Gasteiger partial charge on any atom is -0.444 e. The van der Waals surface area contributed by atoms with Crippen molar-refractivity contribution in [3.8, 4) is 0 Å². The zero-order valence-corrected chi connectivity index (χ0v) is 11.7. The first-order valence-corrected chi connectivity index (χ1v) is 6.52. The van der Waals surface area contributed by atoms with Crippen LogP contribution in [0, 0.1) is 0 Å². The molecule has 0 unspecified atom stereocenters. The van der Waals surface area contributed by atoms with Gasteiger partial charge in [-0.1, -0.05) is 24.3 Å². The number of anilines is 1. The molecule has 0 saturated heterocycles. The second-order valence-electron chi connectivity index (χ2n) is 4.04. The lowest BCUT2D eigenvalue weighted by molar-refractivity contribution is 0.0967. The van der Waals surface area contributed by atoms with Crippen LogP contribution in [0.5, 0.6) is 0 Å². The Morgan fingerprint density at radius 1 is 1.20 bits per heavy atom. The van der Waals surface area contributed by atoms with Crippen LogP contribution in [-0.2, 0) is 0 Å². The van der Waals surface area contributed by atoms with E-state index in [1.54, 1.807) is 6.07 Å². The van der Waals surface area contributed by atoms with Crippen molar-refractivity contribution in [2.24, 2.45) is 10.2 Å². The molecule has 6 nitrogen and oxygen atoms in total. The van der Waals surface area contributed by atoms with E-state index < -0.39 is 5.91 Å². The van der Waals surface area contributed by atoms with Gasteiger partial charge in [0.1, 0.15) is 5.82 Å². The van der Waals surface area contributed by atoms with E-state index in [1.165, 1.54) is 6.07 Å². The fourth-order valence-electron chi connectivity index (χ4n) is 1.84. The van der Waals surface area contributed by atoms with Gasteiger partial charge in [0.2, 0.25) is 0 Å². The molecule has 3 aromatic rings. The number of amides is 1. The highest BCUT2D eigenvalue weighted by atomic mass is 79.9. The largest absolute Gasteiger partial charge is 0.444 e. The van der Waals surface area contributed by atoms with E-state index in [0.29, 0.717) is 16.3 Å². The number of nitrogens with zero attached hydrogens (tertiary/aromatic N) is 2. The van der Waals surface area contributed by atoms with Crippen LogP contribution >= 0.6 is 15.9 Å². The lowest BCUT2D eigenvalue weighted by Crippen LogP contribution is -1.89. The molecule has 2 aromatic heterocycles. The molecule has 2 heterocycles. The molecular formula is C13H9BrN4O2. The van der Waals surface area contributed by atoms with E-state index >= 15 is 0 Å². The van der Waals surface area contributed by atoms with Crippen molar-refractivity contribution >= 4 is 44.2 Å². The molecule has 1 aromatic carbocycles. The summed E-state index contributed by atoms with van der Waals surface area (Å²) < 4.78 is 5.57. The average Bonchev–Trinajstić information content (AvgIpc) is 3.01. The molecule has 0 saturated carbocycles. The van der Waals surface area contributed by atoms with Gasteiger partial charge in [0, 0.05) is 10.8 Å². The number of hydrogen-bond donors (Lipinski definition) is 2. The van der Waals surface area contributed by atoms with E-state index in [-0.39, 0.29) is 5.76 Å². The third-order valence-corrected chi connectivity index (χ3v) is 3.18. The van der Waals surface area contributed by atoms with E-state index in [0.717, 1.165) is 10.8 Å². The summed E-state index contributed by atoms with van der Waals surface area (Å²) in [6.45, 7) is 0. The quantitative estimate of drug-likeness (QED) is 0.693. The summed E-state index contributed by atoms with van der Waals surface area (Å²) in [6.07, 6.45) is 0. The number of benzene rings is 1. The summed E-state index contributed by atoms with van der Waals surface area (Å²) in [5.74, 6) is 0.484. The molecule has 0 fully saturated rings. The Bertz CT molecular complexity index is 819. The van der Waals surface area contributed by atoms with E-state index in [4.69, 9.17) is 10.2 Å². The number of nitrogens with one attached hydrogen (secondary N) is 1. The molecule has 0 atom stereocenters. The van der Waals surface area contributed by atoms with Crippen molar-refractivity contribution in [1.29, 1.82) is 0 Å². The van der Waals surface area contributed by atoms with Crippen molar-refractivity contribution < 1.29 is 9.21 Å². The van der Waals surface area contributed by atoms with Gasteiger partial charge >= 0.3 is 5.91 Å². The monoisotopic (exact) mass is 332 g/mol. The molecule has 1 amide bonds. The van der Waals surface area contributed by atoms with Crippen LogP contribution < -0.4 is 5.73 Å². The summed E-state index contributed by atoms with van der Waals surface area (Å²) in [5.41, 5.74) is 5.83. The Kier molecular flexibility index (Phi) is 3.11. The Morgan fingerprint density at radius 2 is 1.95 bits per heavy atom. The molecule has 0 bridgehead atoms. The maximum atomic E-state index is 11.8. The first kappa shape index (κ1) is 12.6. The smallest absolute Gasteiger partial charge is 0.331 e. The topological polar surface area (TPSA) is 96.7 Å². The minimum absolute atomic E-state index is 0.115. The fraction of sp³-hybridized carbons (Fsp3) is 0. The number of carbonyl (C=O) groups is 1. The highest BCUT2D eigenvalue weighted by Gasteiger charge is 2.11. The fourth-order valence-corrected chi connectivity index (χ4v) is 2.15. The highest BCUT2D eigenvalue weighted by molar-refractivity contribution is 9.10. The SMILES string of the molecule is Nc1[nH]c(N=NC(=O)c2ccc(Br)o2)c2ccccc12. The number of halogens is 1. The van der Waals surface area contributed by atoms with Crippen molar-refractivity contribution in [1.82, 2.24) is 4.98 Å². The summed E-state index contributed by atoms with van der Waals surface area (Å²) >= 11 is 3.12. The molecule has 20 heavy (non-hydrogen) atoms. The number of fused-ring (bicyclic) bond motifs is 1. The molecule has 100 valence electrons. The molecule has 0 spiro atoms. The second-order valence-corrected chi connectivity index (χ2v) is 4.82. The summed E-state index contributed by atoms with van der Waals surface area (Å²) in [6, 6.07) is 10.6. The molecule has 0 aliphatic heterocycles. The van der Waals surface area contributed by atoms with Gasteiger partial charge in [-0.25, -0.2) is 0 Å². The number of carbonyl (C=O) groups excluding carboxylic acids is 1. The van der Waals surface area contributed by atoms with Gasteiger partial charge in [0.15, 0.2) is 16.2 Å². The lowest BCUT2D eigenvalue weighted by Gasteiger charge is -1.90. The Hall–Kier alpha value is -2.41. The number of aromatic amines is 1.